The minimum absolute atomic E-state index is 0.642. The van der Waals surface area contributed by atoms with Gasteiger partial charge in [-0.05, 0) is 37.4 Å². The SMILES string of the molecule is CSc1ccc(C#N)cc1-c1nc(C)nc2ccccc12. The van der Waals surface area contributed by atoms with Crippen LogP contribution in [0.5, 0.6) is 0 Å². The van der Waals surface area contributed by atoms with Crippen LogP contribution in [0.15, 0.2) is 47.4 Å². The Hall–Kier alpha value is -2.38. The second-order valence-electron chi connectivity index (χ2n) is 4.66. The van der Waals surface area contributed by atoms with E-state index in [1.807, 2.05) is 55.6 Å². The van der Waals surface area contributed by atoms with Crippen molar-refractivity contribution in [2.24, 2.45) is 0 Å². The lowest BCUT2D eigenvalue weighted by Crippen LogP contribution is -1.95. The first kappa shape index (κ1) is 13.6. The van der Waals surface area contributed by atoms with Crippen LogP contribution in [0.2, 0.25) is 0 Å². The fourth-order valence-corrected chi connectivity index (χ4v) is 2.94. The van der Waals surface area contributed by atoms with E-state index < -0.39 is 0 Å². The van der Waals surface area contributed by atoms with Gasteiger partial charge in [0.05, 0.1) is 22.8 Å². The number of fused-ring (bicyclic) bond motifs is 1. The number of nitriles is 1. The third-order valence-corrected chi connectivity index (χ3v) is 4.09. The van der Waals surface area contributed by atoms with E-state index in [2.05, 4.69) is 16.0 Å². The Kier molecular flexibility index (Phi) is 3.59. The van der Waals surface area contributed by atoms with Crippen molar-refractivity contribution in [1.82, 2.24) is 9.97 Å². The molecule has 4 heteroatoms. The maximum absolute atomic E-state index is 9.15. The molecule has 2 aromatic carbocycles. The predicted molar refractivity (Wildman–Crippen MR) is 86.2 cm³/mol. The highest BCUT2D eigenvalue weighted by Crippen LogP contribution is 2.33. The topological polar surface area (TPSA) is 49.6 Å². The number of nitrogens with zero attached hydrogens (tertiary/aromatic N) is 3. The van der Waals surface area contributed by atoms with Gasteiger partial charge in [0.1, 0.15) is 5.82 Å². The molecule has 0 N–H and O–H groups in total. The summed E-state index contributed by atoms with van der Waals surface area (Å²) in [4.78, 5) is 10.2. The molecular weight excluding hydrogens is 278 g/mol. The molecule has 0 saturated carbocycles. The average molecular weight is 291 g/mol. The molecule has 0 bridgehead atoms. The fraction of sp³-hybridized carbons (Fsp3) is 0.118. The monoisotopic (exact) mass is 291 g/mol. The maximum Gasteiger partial charge on any atom is 0.126 e. The van der Waals surface area contributed by atoms with Gasteiger partial charge in [-0.2, -0.15) is 5.26 Å². The minimum atomic E-state index is 0.642. The van der Waals surface area contributed by atoms with Crippen molar-refractivity contribution < 1.29 is 0 Å². The third kappa shape index (κ3) is 2.48. The lowest BCUT2D eigenvalue weighted by Gasteiger charge is -2.11. The quantitative estimate of drug-likeness (QED) is 0.664. The van der Waals surface area contributed by atoms with E-state index in [1.54, 1.807) is 11.8 Å². The largest absolute Gasteiger partial charge is 0.233 e. The molecule has 0 aliphatic heterocycles. The Morgan fingerprint density at radius 3 is 2.67 bits per heavy atom. The summed E-state index contributed by atoms with van der Waals surface area (Å²) in [7, 11) is 0. The lowest BCUT2D eigenvalue weighted by molar-refractivity contribution is 1.09. The molecule has 102 valence electrons. The first-order chi connectivity index (χ1) is 10.2. The molecule has 3 aromatic rings. The number of rotatable bonds is 2. The van der Waals surface area contributed by atoms with Crippen molar-refractivity contribution >= 4 is 22.7 Å². The fourth-order valence-electron chi connectivity index (χ4n) is 2.36. The van der Waals surface area contributed by atoms with E-state index >= 15 is 0 Å². The summed E-state index contributed by atoms with van der Waals surface area (Å²) in [6, 6.07) is 15.9. The van der Waals surface area contributed by atoms with Crippen molar-refractivity contribution in [3.8, 4) is 17.3 Å². The molecule has 0 spiro atoms. The van der Waals surface area contributed by atoms with Crippen LogP contribution in [0.4, 0.5) is 0 Å². The van der Waals surface area contributed by atoms with Crippen molar-refractivity contribution in [2.45, 2.75) is 11.8 Å². The highest BCUT2D eigenvalue weighted by atomic mass is 32.2. The normalized spacial score (nSPS) is 10.5. The molecule has 3 rings (SSSR count). The Labute approximate surface area is 127 Å². The highest BCUT2D eigenvalue weighted by Gasteiger charge is 2.12. The number of thioether (sulfide) groups is 1. The molecule has 0 fully saturated rings. The Balaban J connectivity index is 2.37. The van der Waals surface area contributed by atoms with Crippen LogP contribution < -0.4 is 0 Å². The summed E-state index contributed by atoms with van der Waals surface area (Å²) >= 11 is 1.65. The number of para-hydroxylation sites is 1. The van der Waals surface area contributed by atoms with Crippen molar-refractivity contribution in [3.05, 3.63) is 53.9 Å². The standard InChI is InChI=1S/C17H13N3S/c1-11-19-15-6-4-3-5-13(15)17(20-11)14-9-12(10-18)7-8-16(14)21-2/h3-9H,1-2H3. The van der Waals surface area contributed by atoms with E-state index in [1.165, 1.54) is 0 Å². The Morgan fingerprint density at radius 2 is 1.90 bits per heavy atom. The molecule has 21 heavy (non-hydrogen) atoms. The van der Waals surface area contributed by atoms with E-state index in [0.29, 0.717) is 5.56 Å². The number of benzene rings is 2. The van der Waals surface area contributed by atoms with Crippen LogP contribution in [0.3, 0.4) is 0 Å². The van der Waals surface area contributed by atoms with Gasteiger partial charge in [0, 0.05) is 15.8 Å². The molecule has 1 aromatic heterocycles. The van der Waals surface area contributed by atoms with Gasteiger partial charge in [-0.3, -0.25) is 0 Å². The van der Waals surface area contributed by atoms with Gasteiger partial charge in [-0.1, -0.05) is 18.2 Å². The second kappa shape index (κ2) is 5.55. The van der Waals surface area contributed by atoms with Gasteiger partial charge in [0.25, 0.3) is 0 Å². The molecule has 0 aliphatic rings. The predicted octanol–water partition coefficient (Wildman–Crippen LogP) is 4.20. The number of hydrogen-bond donors (Lipinski definition) is 0. The molecule has 0 aliphatic carbocycles. The van der Waals surface area contributed by atoms with Gasteiger partial charge in [-0.25, -0.2) is 9.97 Å². The summed E-state index contributed by atoms with van der Waals surface area (Å²) in [5, 5.41) is 10.2. The zero-order valence-electron chi connectivity index (χ0n) is 11.8. The van der Waals surface area contributed by atoms with Crippen LogP contribution in [0.1, 0.15) is 11.4 Å². The maximum atomic E-state index is 9.15. The molecule has 0 saturated heterocycles. The van der Waals surface area contributed by atoms with E-state index in [9.17, 15) is 0 Å². The summed E-state index contributed by atoms with van der Waals surface area (Å²) in [6.07, 6.45) is 2.03. The Morgan fingerprint density at radius 1 is 1.10 bits per heavy atom. The van der Waals surface area contributed by atoms with Gasteiger partial charge in [0.2, 0.25) is 0 Å². The molecule has 1 heterocycles. The van der Waals surface area contributed by atoms with Crippen LogP contribution in [0, 0.1) is 18.3 Å². The first-order valence-electron chi connectivity index (χ1n) is 6.55. The van der Waals surface area contributed by atoms with E-state index in [0.717, 1.165) is 32.9 Å². The van der Waals surface area contributed by atoms with Gasteiger partial charge in [-0.15, -0.1) is 11.8 Å². The van der Waals surface area contributed by atoms with Gasteiger partial charge in [0.15, 0.2) is 0 Å². The number of aromatic nitrogens is 2. The van der Waals surface area contributed by atoms with Crippen molar-refractivity contribution in [2.75, 3.05) is 6.26 Å². The van der Waals surface area contributed by atoms with Crippen LogP contribution in [0.25, 0.3) is 22.2 Å². The van der Waals surface area contributed by atoms with Crippen LogP contribution in [-0.2, 0) is 0 Å². The van der Waals surface area contributed by atoms with E-state index in [-0.39, 0.29) is 0 Å². The minimum Gasteiger partial charge on any atom is -0.233 e. The average Bonchev–Trinajstić information content (AvgIpc) is 2.53. The molecule has 0 amide bonds. The zero-order chi connectivity index (χ0) is 14.8. The van der Waals surface area contributed by atoms with Crippen molar-refractivity contribution in [1.29, 1.82) is 5.26 Å². The molecule has 3 nitrogen and oxygen atoms in total. The van der Waals surface area contributed by atoms with Gasteiger partial charge < -0.3 is 0 Å². The van der Waals surface area contributed by atoms with Gasteiger partial charge >= 0.3 is 0 Å². The van der Waals surface area contributed by atoms with Crippen LogP contribution in [-0.4, -0.2) is 16.2 Å². The summed E-state index contributed by atoms with van der Waals surface area (Å²) in [5.74, 6) is 0.734. The second-order valence-corrected chi connectivity index (χ2v) is 5.51. The first-order valence-corrected chi connectivity index (χ1v) is 7.77. The smallest absolute Gasteiger partial charge is 0.126 e. The van der Waals surface area contributed by atoms with E-state index in [4.69, 9.17) is 5.26 Å². The molecule has 0 atom stereocenters. The molecule has 0 radical (unpaired) electrons. The summed E-state index contributed by atoms with van der Waals surface area (Å²) in [6.45, 7) is 1.89. The summed E-state index contributed by atoms with van der Waals surface area (Å²) < 4.78 is 0. The highest BCUT2D eigenvalue weighted by molar-refractivity contribution is 7.98. The number of hydrogen-bond acceptors (Lipinski definition) is 4. The number of aryl methyl sites for hydroxylation is 1. The summed E-state index contributed by atoms with van der Waals surface area (Å²) in [5.41, 5.74) is 3.44. The molecule has 0 unspecified atom stereocenters. The molecular formula is C17H13N3S. The zero-order valence-corrected chi connectivity index (χ0v) is 12.6. The Bertz CT molecular complexity index is 866. The van der Waals surface area contributed by atoms with Crippen molar-refractivity contribution in [3.63, 3.8) is 0 Å². The third-order valence-electron chi connectivity index (χ3n) is 3.30. The van der Waals surface area contributed by atoms with Crippen LogP contribution >= 0.6 is 11.8 Å². The lowest BCUT2D eigenvalue weighted by atomic mass is 10.0.